The maximum absolute atomic E-state index is 6.03. The lowest BCUT2D eigenvalue weighted by atomic mass is 10.0. The van der Waals surface area contributed by atoms with E-state index >= 15 is 0 Å². The molecule has 27 heavy (non-hydrogen) atoms. The predicted molar refractivity (Wildman–Crippen MR) is 107 cm³/mol. The molecular formula is C21H33N3O3. The zero-order chi connectivity index (χ0) is 19.0. The van der Waals surface area contributed by atoms with Crippen LogP contribution in [0.3, 0.4) is 0 Å². The normalized spacial score (nSPS) is 24.1. The number of guanidine groups is 1. The van der Waals surface area contributed by atoms with E-state index in [9.17, 15) is 0 Å². The second kappa shape index (κ2) is 10.1. The molecule has 0 spiro atoms. The molecule has 1 aromatic rings. The van der Waals surface area contributed by atoms with Crippen LogP contribution in [0.15, 0.2) is 29.3 Å². The average molecular weight is 376 g/mol. The molecule has 0 bridgehead atoms. The molecule has 2 saturated heterocycles. The highest BCUT2D eigenvalue weighted by atomic mass is 16.5. The highest BCUT2D eigenvalue weighted by Gasteiger charge is 2.29. The Balaban J connectivity index is 1.43. The molecule has 0 aromatic heterocycles. The number of benzene rings is 1. The van der Waals surface area contributed by atoms with Crippen LogP contribution in [0.5, 0.6) is 0 Å². The van der Waals surface area contributed by atoms with E-state index in [0.717, 1.165) is 64.6 Å². The van der Waals surface area contributed by atoms with Crippen LogP contribution in [0.25, 0.3) is 0 Å². The fourth-order valence-corrected chi connectivity index (χ4v) is 3.54. The maximum atomic E-state index is 6.03. The van der Waals surface area contributed by atoms with Crippen molar-refractivity contribution < 1.29 is 14.2 Å². The van der Waals surface area contributed by atoms with Gasteiger partial charge in [0.25, 0.3) is 0 Å². The molecule has 2 heterocycles. The largest absolute Gasteiger partial charge is 0.381 e. The topological polar surface area (TPSA) is 64.1 Å². The predicted octanol–water partition coefficient (Wildman–Crippen LogP) is 2.62. The van der Waals surface area contributed by atoms with Gasteiger partial charge in [0.05, 0.1) is 18.3 Å². The second-order valence-electron chi connectivity index (χ2n) is 7.62. The van der Waals surface area contributed by atoms with Gasteiger partial charge in [-0.2, -0.15) is 0 Å². The van der Waals surface area contributed by atoms with Crippen molar-refractivity contribution in [1.29, 1.82) is 0 Å². The van der Waals surface area contributed by atoms with E-state index in [0.29, 0.717) is 12.7 Å². The second-order valence-corrected chi connectivity index (χ2v) is 7.62. The summed E-state index contributed by atoms with van der Waals surface area (Å²) in [6.07, 6.45) is 4.53. The summed E-state index contributed by atoms with van der Waals surface area (Å²) >= 11 is 0. The SMILES string of the molecule is CN=C(NCc1cccc(COC2CCOCC2)c1)NCC1(C)CCCO1. The van der Waals surface area contributed by atoms with Crippen molar-refractivity contribution >= 4 is 5.96 Å². The summed E-state index contributed by atoms with van der Waals surface area (Å²) in [4.78, 5) is 4.32. The molecule has 3 rings (SSSR count). The third-order valence-electron chi connectivity index (χ3n) is 5.26. The Bertz CT molecular complexity index is 608. The third-order valence-corrected chi connectivity index (χ3v) is 5.26. The van der Waals surface area contributed by atoms with Crippen LogP contribution < -0.4 is 10.6 Å². The van der Waals surface area contributed by atoms with Crippen molar-refractivity contribution in [2.75, 3.05) is 33.4 Å². The van der Waals surface area contributed by atoms with Gasteiger partial charge in [-0.25, -0.2) is 0 Å². The minimum absolute atomic E-state index is 0.0843. The molecule has 2 aliphatic rings. The van der Waals surface area contributed by atoms with E-state index in [2.05, 4.69) is 46.8 Å². The molecule has 2 fully saturated rings. The number of hydrogen-bond acceptors (Lipinski definition) is 4. The number of nitrogens with zero attached hydrogens (tertiary/aromatic N) is 1. The minimum atomic E-state index is -0.0843. The van der Waals surface area contributed by atoms with Gasteiger partial charge >= 0.3 is 0 Å². The van der Waals surface area contributed by atoms with Crippen LogP contribution in [0, 0.1) is 0 Å². The Labute approximate surface area is 162 Å². The van der Waals surface area contributed by atoms with Gasteiger partial charge in [-0.05, 0) is 43.7 Å². The van der Waals surface area contributed by atoms with E-state index in [1.54, 1.807) is 7.05 Å². The van der Waals surface area contributed by atoms with Crippen LogP contribution in [-0.4, -0.2) is 51.1 Å². The number of nitrogens with one attached hydrogen (secondary N) is 2. The Kier molecular flexibility index (Phi) is 7.50. The molecule has 2 N–H and O–H groups in total. The smallest absolute Gasteiger partial charge is 0.191 e. The molecule has 6 heteroatoms. The Morgan fingerprint density at radius 3 is 2.78 bits per heavy atom. The zero-order valence-electron chi connectivity index (χ0n) is 16.6. The van der Waals surface area contributed by atoms with Crippen LogP contribution in [0.1, 0.15) is 43.7 Å². The monoisotopic (exact) mass is 375 g/mol. The van der Waals surface area contributed by atoms with Gasteiger partial charge in [-0.15, -0.1) is 0 Å². The van der Waals surface area contributed by atoms with Crippen molar-refractivity contribution in [3.8, 4) is 0 Å². The fraction of sp³-hybridized carbons (Fsp3) is 0.667. The van der Waals surface area contributed by atoms with Crippen molar-refractivity contribution in [1.82, 2.24) is 10.6 Å². The lowest BCUT2D eigenvalue weighted by Gasteiger charge is -2.24. The van der Waals surface area contributed by atoms with Gasteiger partial charge < -0.3 is 24.8 Å². The quantitative estimate of drug-likeness (QED) is 0.567. The van der Waals surface area contributed by atoms with Gasteiger partial charge in [0.1, 0.15) is 0 Å². The highest BCUT2D eigenvalue weighted by Crippen LogP contribution is 2.23. The van der Waals surface area contributed by atoms with Gasteiger partial charge in [0.15, 0.2) is 5.96 Å². The Morgan fingerprint density at radius 1 is 1.22 bits per heavy atom. The van der Waals surface area contributed by atoms with Crippen molar-refractivity contribution in [3.63, 3.8) is 0 Å². The van der Waals surface area contributed by atoms with Gasteiger partial charge in [0, 0.05) is 40.0 Å². The fourth-order valence-electron chi connectivity index (χ4n) is 3.54. The summed E-state index contributed by atoms with van der Waals surface area (Å²) in [5.41, 5.74) is 2.34. The average Bonchev–Trinajstić information content (AvgIpc) is 3.14. The maximum Gasteiger partial charge on any atom is 0.191 e. The van der Waals surface area contributed by atoms with Crippen molar-refractivity contribution in [3.05, 3.63) is 35.4 Å². The van der Waals surface area contributed by atoms with Crippen LogP contribution in [-0.2, 0) is 27.4 Å². The summed E-state index contributed by atoms with van der Waals surface area (Å²) in [6.45, 7) is 6.78. The van der Waals surface area contributed by atoms with Gasteiger partial charge in [0.2, 0.25) is 0 Å². The highest BCUT2D eigenvalue weighted by molar-refractivity contribution is 5.79. The van der Waals surface area contributed by atoms with Crippen molar-refractivity contribution in [2.45, 2.75) is 57.5 Å². The van der Waals surface area contributed by atoms with Crippen LogP contribution in [0.4, 0.5) is 0 Å². The van der Waals surface area contributed by atoms with Crippen LogP contribution >= 0.6 is 0 Å². The van der Waals surface area contributed by atoms with E-state index in [-0.39, 0.29) is 5.60 Å². The van der Waals surface area contributed by atoms with Crippen LogP contribution in [0.2, 0.25) is 0 Å². The molecule has 0 radical (unpaired) electrons. The summed E-state index contributed by atoms with van der Waals surface area (Å²) in [6, 6.07) is 8.53. The molecule has 0 amide bonds. The zero-order valence-corrected chi connectivity index (χ0v) is 16.6. The Morgan fingerprint density at radius 2 is 2.04 bits per heavy atom. The molecule has 6 nitrogen and oxygen atoms in total. The van der Waals surface area contributed by atoms with E-state index in [4.69, 9.17) is 14.2 Å². The molecule has 150 valence electrons. The number of aliphatic imine (C=N–C) groups is 1. The summed E-state index contributed by atoms with van der Waals surface area (Å²) in [5.74, 6) is 0.801. The summed E-state index contributed by atoms with van der Waals surface area (Å²) < 4.78 is 17.2. The lowest BCUT2D eigenvalue weighted by molar-refractivity contribution is -0.0390. The molecule has 0 aliphatic carbocycles. The third kappa shape index (κ3) is 6.48. The molecule has 0 saturated carbocycles. The standard InChI is InChI=1S/C21H33N3O3/c1-21(9-4-10-27-21)16-24-20(22-2)23-14-17-5-3-6-18(13-17)15-26-19-7-11-25-12-8-19/h3,5-6,13,19H,4,7-12,14-16H2,1-2H3,(H2,22,23,24). The molecule has 2 aliphatic heterocycles. The molecule has 1 atom stereocenters. The summed E-state index contributed by atoms with van der Waals surface area (Å²) in [5, 5.41) is 6.77. The Hall–Kier alpha value is -1.63. The van der Waals surface area contributed by atoms with E-state index < -0.39 is 0 Å². The first-order valence-electron chi connectivity index (χ1n) is 10.0. The minimum Gasteiger partial charge on any atom is -0.381 e. The number of rotatable bonds is 7. The van der Waals surface area contributed by atoms with Gasteiger partial charge in [-0.1, -0.05) is 24.3 Å². The summed E-state index contributed by atoms with van der Waals surface area (Å²) in [7, 11) is 1.80. The van der Waals surface area contributed by atoms with E-state index in [1.807, 2.05) is 0 Å². The molecule has 1 aromatic carbocycles. The van der Waals surface area contributed by atoms with Gasteiger partial charge in [-0.3, -0.25) is 4.99 Å². The molecule has 1 unspecified atom stereocenters. The first kappa shape index (κ1) is 20.1. The molecular weight excluding hydrogens is 342 g/mol. The lowest BCUT2D eigenvalue weighted by Crippen LogP contribution is -2.45. The number of ether oxygens (including phenoxy) is 3. The van der Waals surface area contributed by atoms with E-state index in [1.165, 1.54) is 11.1 Å². The number of hydrogen-bond donors (Lipinski definition) is 2. The van der Waals surface area contributed by atoms with Crippen molar-refractivity contribution in [2.24, 2.45) is 4.99 Å². The first-order valence-corrected chi connectivity index (χ1v) is 10.0. The first-order chi connectivity index (χ1) is 13.2.